The third kappa shape index (κ3) is 1.44. The van der Waals surface area contributed by atoms with Crippen LogP contribution in [0.25, 0.3) is 0 Å². The molecule has 1 saturated carbocycles. The summed E-state index contributed by atoms with van der Waals surface area (Å²) < 4.78 is 12.5. The number of alkyl halides is 1. The van der Waals surface area contributed by atoms with Crippen molar-refractivity contribution in [2.75, 3.05) is 6.54 Å². The summed E-state index contributed by atoms with van der Waals surface area (Å²) >= 11 is 0. The van der Waals surface area contributed by atoms with Crippen molar-refractivity contribution in [3.8, 4) is 0 Å². The van der Waals surface area contributed by atoms with E-state index in [2.05, 4.69) is 6.07 Å². The maximum Gasteiger partial charge on any atom is 0.115 e. The Morgan fingerprint density at radius 1 is 1.36 bits per heavy atom. The van der Waals surface area contributed by atoms with Gasteiger partial charge in [-0.1, -0.05) is 30.7 Å². The average molecular weight is 193 g/mol. The third-order valence-corrected chi connectivity index (χ3v) is 3.40. The molecule has 2 N–H and O–H groups in total. The molecule has 1 aromatic carbocycles. The van der Waals surface area contributed by atoms with Crippen LogP contribution in [0.3, 0.4) is 0 Å². The molecule has 0 heterocycles. The van der Waals surface area contributed by atoms with Crippen molar-refractivity contribution in [2.24, 2.45) is 5.73 Å². The van der Waals surface area contributed by atoms with Gasteiger partial charge in [0.15, 0.2) is 0 Å². The van der Waals surface area contributed by atoms with Crippen LogP contribution in [0.15, 0.2) is 24.3 Å². The molecule has 2 rings (SSSR count). The molecule has 76 valence electrons. The van der Waals surface area contributed by atoms with Crippen LogP contribution in [0, 0.1) is 0 Å². The molecule has 1 aliphatic carbocycles. The van der Waals surface area contributed by atoms with Gasteiger partial charge in [0.1, 0.15) is 6.67 Å². The SMILES string of the molecule is NCC1(c2cccc(CF)c2)CCC1. The lowest BCUT2D eigenvalue weighted by Gasteiger charge is -2.41. The minimum Gasteiger partial charge on any atom is -0.330 e. The molecule has 1 aromatic rings. The first-order valence-corrected chi connectivity index (χ1v) is 5.16. The summed E-state index contributed by atoms with van der Waals surface area (Å²) in [5, 5.41) is 0. The van der Waals surface area contributed by atoms with Crippen molar-refractivity contribution < 1.29 is 4.39 Å². The predicted molar refractivity (Wildman–Crippen MR) is 55.8 cm³/mol. The van der Waals surface area contributed by atoms with Crippen LogP contribution in [0.1, 0.15) is 30.4 Å². The molecule has 0 spiro atoms. The molecule has 1 aliphatic rings. The fraction of sp³-hybridized carbons (Fsp3) is 0.500. The van der Waals surface area contributed by atoms with Crippen LogP contribution < -0.4 is 5.73 Å². The van der Waals surface area contributed by atoms with Crippen molar-refractivity contribution in [1.82, 2.24) is 0 Å². The van der Waals surface area contributed by atoms with Crippen LogP contribution in [-0.2, 0) is 12.1 Å². The highest BCUT2D eigenvalue weighted by Gasteiger charge is 2.37. The summed E-state index contributed by atoms with van der Waals surface area (Å²) in [6.07, 6.45) is 3.55. The first kappa shape index (κ1) is 9.66. The Balaban J connectivity index is 2.30. The highest BCUT2D eigenvalue weighted by molar-refractivity contribution is 5.32. The van der Waals surface area contributed by atoms with Gasteiger partial charge in [0, 0.05) is 12.0 Å². The Labute approximate surface area is 84.1 Å². The van der Waals surface area contributed by atoms with Gasteiger partial charge in [-0.15, -0.1) is 0 Å². The number of hydrogen-bond donors (Lipinski definition) is 1. The summed E-state index contributed by atoms with van der Waals surface area (Å²) in [7, 11) is 0. The lowest BCUT2D eigenvalue weighted by molar-refractivity contribution is 0.252. The van der Waals surface area contributed by atoms with Crippen LogP contribution in [0.2, 0.25) is 0 Å². The molecule has 14 heavy (non-hydrogen) atoms. The van der Waals surface area contributed by atoms with Gasteiger partial charge in [-0.2, -0.15) is 0 Å². The van der Waals surface area contributed by atoms with Gasteiger partial charge in [0.25, 0.3) is 0 Å². The van der Waals surface area contributed by atoms with E-state index >= 15 is 0 Å². The lowest BCUT2D eigenvalue weighted by Crippen LogP contribution is -2.41. The maximum absolute atomic E-state index is 12.5. The second-order valence-corrected chi connectivity index (χ2v) is 4.17. The Hall–Kier alpha value is -0.890. The van der Waals surface area contributed by atoms with Crippen LogP contribution in [0.4, 0.5) is 4.39 Å². The number of hydrogen-bond acceptors (Lipinski definition) is 1. The molecular formula is C12H16FN. The number of benzene rings is 1. The normalized spacial score (nSPS) is 19.0. The Morgan fingerprint density at radius 2 is 2.14 bits per heavy atom. The second-order valence-electron chi connectivity index (χ2n) is 4.17. The van der Waals surface area contributed by atoms with E-state index in [1.165, 1.54) is 12.0 Å². The quantitative estimate of drug-likeness (QED) is 0.784. The number of nitrogens with two attached hydrogens (primary N) is 1. The van der Waals surface area contributed by atoms with Crippen molar-refractivity contribution in [1.29, 1.82) is 0 Å². The van der Waals surface area contributed by atoms with E-state index in [-0.39, 0.29) is 12.1 Å². The lowest BCUT2D eigenvalue weighted by atomic mass is 9.64. The topological polar surface area (TPSA) is 26.0 Å². The molecule has 1 fully saturated rings. The molecule has 1 nitrogen and oxygen atoms in total. The Morgan fingerprint density at radius 3 is 2.64 bits per heavy atom. The molecule has 0 radical (unpaired) electrons. The molecule has 0 bridgehead atoms. The van der Waals surface area contributed by atoms with E-state index in [9.17, 15) is 4.39 Å². The van der Waals surface area contributed by atoms with Crippen molar-refractivity contribution in [3.05, 3.63) is 35.4 Å². The smallest absolute Gasteiger partial charge is 0.115 e. The van der Waals surface area contributed by atoms with E-state index in [1.807, 2.05) is 18.2 Å². The van der Waals surface area contributed by atoms with Gasteiger partial charge in [-0.25, -0.2) is 4.39 Å². The van der Waals surface area contributed by atoms with Crippen molar-refractivity contribution in [3.63, 3.8) is 0 Å². The van der Waals surface area contributed by atoms with Gasteiger partial charge in [-0.3, -0.25) is 0 Å². The van der Waals surface area contributed by atoms with E-state index in [4.69, 9.17) is 5.73 Å². The van der Waals surface area contributed by atoms with Gasteiger partial charge in [0.2, 0.25) is 0 Å². The summed E-state index contributed by atoms with van der Waals surface area (Å²) in [5.41, 5.74) is 7.95. The van der Waals surface area contributed by atoms with Crippen molar-refractivity contribution >= 4 is 0 Å². The van der Waals surface area contributed by atoms with E-state index in [0.717, 1.165) is 18.4 Å². The third-order valence-electron chi connectivity index (χ3n) is 3.40. The average Bonchev–Trinajstić information content (AvgIpc) is 2.18. The zero-order chi connectivity index (χ0) is 10.0. The maximum atomic E-state index is 12.5. The molecule has 0 aromatic heterocycles. The van der Waals surface area contributed by atoms with Crippen LogP contribution >= 0.6 is 0 Å². The van der Waals surface area contributed by atoms with E-state index < -0.39 is 0 Å². The standard InChI is InChI=1S/C12H16FN/c13-8-10-3-1-4-11(7-10)12(9-14)5-2-6-12/h1,3-4,7H,2,5-6,8-9,14H2. The zero-order valence-electron chi connectivity index (χ0n) is 8.30. The van der Waals surface area contributed by atoms with Crippen LogP contribution in [0.5, 0.6) is 0 Å². The van der Waals surface area contributed by atoms with E-state index in [0.29, 0.717) is 6.54 Å². The summed E-state index contributed by atoms with van der Waals surface area (Å²) in [6.45, 7) is 0.303. The second kappa shape index (κ2) is 3.70. The first-order valence-electron chi connectivity index (χ1n) is 5.16. The highest BCUT2D eigenvalue weighted by Crippen LogP contribution is 2.42. The molecule has 0 atom stereocenters. The molecule has 0 unspecified atom stereocenters. The first-order chi connectivity index (χ1) is 6.80. The molecule has 0 aliphatic heterocycles. The molecular weight excluding hydrogens is 177 g/mol. The zero-order valence-corrected chi connectivity index (χ0v) is 8.30. The summed E-state index contributed by atoms with van der Waals surface area (Å²) in [6, 6.07) is 7.80. The largest absolute Gasteiger partial charge is 0.330 e. The fourth-order valence-electron chi connectivity index (χ4n) is 2.20. The minimum atomic E-state index is -0.380. The number of halogens is 1. The van der Waals surface area contributed by atoms with Gasteiger partial charge >= 0.3 is 0 Å². The molecule has 0 amide bonds. The molecule has 0 saturated heterocycles. The summed E-state index contributed by atoms with van der Waals surface area (Å²) in [4.78, 5) is 0. The van der Waals surface area contributed by atoms with E-state index in [1.54, 1.807) is 0 Å². The highest BCUT2D eigenvalue weighted by atomic mass is 19.1. The summed E-state index contributed by atoms with van der Waals surface area (Å²) in [5.74, 6) is 0. The Kier molecular flexibility index (Phi) is 2.55. The van der Waals surface area contributed by atoms with Gasteiger partial charge in [0.05, 0.1) is 0 Å². The van der Waals surface area contributed by atoms with Gasteiger partial charge < -0.3 is 5.73 Å². The van der Waals surface area contributed by atoms with Gasteiger partial charge in [-0.05, 0) is 24.0 Å². The Bertz CT molecular complexity index is 312. The fourth-order valence-corrected chi connectivity index (χ4v) is 2.20. The van der Waals surface area contributed by atoms with Crippen LogP contribution in [-0.4, -0.2) is 6.54 Å². The predicted octanol–water partition coefficient (Wildman–Crippen LogP) is 2.54. The monoisotopic (exact) mass is 193 g/mol. The molecule has 2 heteroatoms. The van der Waals surface area contributed by atoms with Crippen molar-refractivity contribution in [2.45, 2.75) is 31.4 Å². The minimum absolute atomic E-state index is 0.158. The number of rotatable bonds is 3.